The molecule has 0 saturated heterocycles. The van der Waals surface area contributed by atoms with E-state index in [0.717, 1.165) is 5.56 Å². The molecule has 9 nitrogen and oxygen atoms in total. The van der Waals surface area contributed by atoms with Crippen molar-refractivity contribution in [2.45, 2.75) is 18.7 Å². The highest BCUT2D eigenvalue weighted by atomic mass is 32.2. The van der Waals surface area contributed by atoms with E-state index in [9.17, 15) is 18.0 Å². The van der Waals surface area contributed by atoms with Gasteiger partial charge in [-0.1, -0.05) is 24.3 Å². The zero-order valence-electron chi connectivity index (χ0n) is 18.9. The van der Waals surface area contributed by atoms with Crippen LogP contribution in [0.15, 0.2) is 65.6 Å². The maximum Gasteiger partial charge on any atom is 0.262 e. The maximum atomic E-state index is 13.0. The fraction of sp³-hybridized carbons (Fsp3) is 0.167. The van der Waals surface area contributed by atoms with Gasteiger partial charge in [0.15, 0.2) is 18.1 Å². The molecular formula is C24H25N3O6S. The molecule has 0 aromatic heterocycles. The van der Waals surface area contributed by atoms with E-state index in [-0.39, 0.29) is 28.5 Å². The number of amides is 2. The van der Waals surface area contributed by atoms with Gasteiger partial charge in [-0.3, -0.25) is 14.3 Å². The summed E-state index contributed by atoms with van der Waals surface area (Å²) in [6.07, 6.45) is 0. The van der Waals surface area contributed by atoms with E-state index in [4.69, 9.17) is 15.2 Å². The van der Waals surface area contributed by atoms with Crippen LogP contribution in [0.5, 0.6) is 11.5 Å². The average Bonchev–Trinajstić information content (AvgIpc) is 2.79. The molecule has 0 saturated carbocycles. The van der Waals surface area contributed by atoms with E-state index in [1.54, 1.807) is 50.2 Å². The Balaban J connectivity index is 1.87. The van der Waals surface area contributed by atoms with Crippen molar-refractivity contribution in [1.82, 2.24) is 0 Å². The second kappa shape index (κ2) is 10.3. The normalized spacial score (nSPS) is 10.9. The number of para-hydroxylation sites is 1. The molecule has 4 N–H and O–H groups in total. The molecule has 0 heterocycles. The predicted octanol–water partition coefficient (Wildman–Crippen LogP) is 3.23. The molecule has 0 radical (unpaired) electrons. The van der Waals surface area contributed by atoms with Crippen LogP contribution in [-0.4, -0.2) is 33.9 Å². The van der Waals surface area contributed by atoms with Gasteiger partial charge in [0.2, 0.25) is 0 Å². The van der Waals surface area contributed by atoms with E-state index >= 15 is 0 Å². The minimum atomic E-state index is -3.94. The lowest BCUT2D eigenvalue weighted by Gasteiger charge is -2.15. The molecule has 0 unspecified atom stereocenters. The summed E-state index contributed by atoms with van der Waals surface area (Å²) in [6.45, 7) is 3.14. The van der Waals surface area contributed by atoms with Crippen LogP contribution in [0.3, 0.4) is 0 Å². The minimum Gasteiger partial charge on any atom is -0.493 e. The van der Waals surface area contributed by atoms with E-state index in [1.807, 2.05) is 6.07 Å². The molecule has 3 rings (SSSR count). The first-order valence-electron chi connectivity index (χ1n) is 10.2. The Morgan fingerprint density at radius 1 is 0.971 bits per heavy atom. The predicted molar refractivity (Wildman–Crippen MR) is 129 cm³/mol. The number of nitrogens with one attached hydrogen (secondary N) is 2. The van der Waals surface area contributed by atoms with Crippen LogP contribution in [0.25, 0.3) is 0 Å². The van der Waals surface area contributed by atoms with Gasteiger partial charge >= 0.3 is 0 Å². The number of carbonyl (C=O) groups is 2. The second-order valence-electron chi connectivity index (χ2n) is 7.49. The first-order valence-corrected chi connectivity index (χ1v) is 11.7. The Labute approximate surface area is 197 Å². The molecule has 0 aliphatic carbocycles. The standard InChI is InChI=1S/C24H25N3O6S/c1-15-8-9-16(2)22(12-15)34(30,31)27-19-7-5-4-6-18(19)24(29)26-17-10-11-20(32-3)21(13-17)33-14-23(25)28/h4-13,27H,14H2,1-3H3,(H2,25,28)(H,26,29). The molecular weight excluding hydrogens is 458 g/mol. The number of primary amides is 1. The van der Waals surface area contributed by atoms with Crippen LogP contribution >= 0.6 is 0 Å². The van der Waals surface area contributed by atoms with Crippen molar-refractivity contribution in [2.75, 3.05) is 23.8 Å². The number of benzene rings is 3. The van der Waals surface area contributed by atoms with Crippen molar-refractivity contribution in [3.05, 3.63) is 77.4 Å². The lowest BCUT2D eigenvalue weighted by molar-refractivity contribution is -0.119. The highest BCUT2D eigenvalue weighted by Gasteiger charge is 2.21. The summed E-state index contributed by atoms with van der Waals surface area (Å²) in [4.78, 5) is 24.2. The summed E-state index contributed by atoms with van der Waals surface area (Å²) in [7, 11) is -2.50. The molecule has 3 aromatic rings. The number of carbonyl (C=O) groups excluding carboxylic acids is 2. The Hall–Kier alpha value is -4.05. The summed E-state index contributed by atoms with van der Waals surface area (Å²) in [5.41, 5.74) is 7.09. The summed E-state index contributed by atoms with van der Waals surface area (Å²) in [6, 6.07) is 16.0. The number of nitrogens with two attached hydrogens (primary N) is 1. The number of sulfonamides is 1. The number of ether oxygens (including phenoxy) is 2. The lowest BCUT2D eigenvalue weighted by atomic mass is 10.1. The van der Waals surface area contributed by atoms with Crippen LogP contribution in [0, 0.1) is 13.8 Å². The molecule has 0 aliphatic heterocycles. The first-order chi connectivity index (χ1) is 16.1. The van der Waals surface area contributed by atoms with Crippen molar-refractivity contribution in [2.24, 2.45) is 5.73 Å². The molecule has 0 aliphatic rings. The monoisotopic (exact) mass is 483 g/mol. The van der Waals surface area contributed by atoms with Gasteiger partial charge < -0.3 is 20.5 Å². The highest BCUT2D eigenvalue weighted by molar-refractivity contribution is 7.92. The van der Waals surface area contributed by atoms with Gasteiger partial charge in [0.05, 0.1) is 23.3 Å². The maximum absolute atomic E-state index is 13.0. The molecule has 0 atom stereocenters. The highest BCUT2D eigenvalue weighted by Crippen LogP contribution is 2.31. The Kier molecular flexibility index (Phi) is 7.42. The van der Waals surface area contributed by atoms with Crippen LogP contribution in [0.1, 0.15) is 21.5 Å². The number of rotatable bonds is 9. The number of aryl methyl sites for hydroxylation is 2. The molecule has 178 valence electrons. The third-order valence-electron chi connectivity index (χ3n) is 4.84. The third kappa shape index (κ3) is 5.84. The topological polar surface area (TPSA) is 137 Å². The van der Waals surface area contributed by atoms with Gasteiger partial charge in [0.25, 0.3) is 21.8 Å². The molecule has 0 bridgehead atoms. The van der Waals surface area contributed by atoms with Gasteiger partial charge in [0, 0.05) is 11.8 Å². The third-order valence-corrected chi connectivity index (χ3v) is 6.35. The second-order valence-corrected chi connectivity index (χ2v) is 9.15. The summed E-state index contributed by atoms with van der Waals surface area (Å²) >= 11 is 0. The van der Waals surface area contributed by atoms with Crippen LogP contribution in [0.4, 0.5) is 11.4 Å². The zero-order valence-corrected chi connectivity index (χ0v) is 19.7. The molecule has 3 aromatic carbocycles. The largest absolute Gasteiger partial charge is 0.493 e. The van der Waals surface area contributed by atoms with E-state index in [1.165, 1.54) is 25.3 Å². The lowest BCUT2D eigenvalue weighted by Crippen LogP contribution is -2.20. The summed E-state index contributed by atoms with van der Waals surface area (Å²) in [5, 5.41) is 2.70. The fourth-order valence-corrected chi connectivity index (χ4v) is 4.59. The smallest absolute Gasteiger partial charge is 0.262 e. The molecule has 2 amide bonds. The van der Waals surface area contributed by atoms with Crippen molar-refractivity contribution >= 4 is 33.2 Å². The fourth-order valence-electron chi connectivity index (χ4n) is 3.18. The molecule has 0 fully saturated rings. The average molecular weight is 484 g/mol. The van der Waals surface area contributed by atoms with Crippen molar-refractivity contribution in [3.63, 3.8) is 0 Å². The van der Waals surface area contributed by atoms with Gasteiger partial charge in [0.1, 0.15) is 0 Å². The van der Waals surface area contributed by atoms with Crippen molar-refractivity contribution in [1.29, 1.82) is 0 Å². The van der Waals surface area contributed by atoms with E-state index in [2.05, 4.69) is 10.0 Å². The van der Waals surface area contributed by atoms with Crippen LogP contribution in [-0.2, 0) is 14.8 Å². The summed E-state index contributed by atoms with van der Waals surface area (Å²) < 4.78 is 39.1. The Bertz CT molecular complexity index is 1340. The zero-order chi connectivity index (χ0) is 24.9. The van der Waals surface area contributed by atoms with Crippen LogP contribution in [0.2, 0.25) is 0 Å². The van der Waals surface area contributed by atoms with E-state index in [0.29, 0.717) is 17.0 Å². The van der Waals surface area contributed by atoms with Crippen molar-refractivity contribution in [3.8, 4) is 11.5 Å². The minimum absolute atomic E-state index is 0.117. The Morgan fingerprint density at radius 3 is 2.41 bits per heavy atom. The molecule has 34 heavy (non-hydrogen) atoms. The molecule has 10 heteroatoms. The van der Waals surface area contributed by atoms with Crippen molar-refractivity contribution < 1.29 is 27.5 Å². The number of hydrogen-bond donors (Lipinski definition) is 3. The SMILES string of the molecule is COc1ccc(NC(=O)c2ccccc2NS(=O)(=O)c2cc(C)ccc2C)cc1OCC(N)=O. The number of methoxy groups -OCH3 is 1. The van der Waals surface area contributed by atoms with Gasteiger partial charge in [-0.25, -0.2) is 8.42 Å². The molecule has 0 spiro atoms. The van der Waals surface area contributed by atoms with Gasteiger partial charge in [-0.05, 0) is 55.3 Å². The first kappa shape index (κ1) is 24.6. The summed E-state index contributed by atoms with van der Waals surface area (Å²) in [5.74, 6) is -0.657. The Morgan fingerprint density at radius 2 is 1.71 bits per heavy atom. The quantitative estimate of drug-likeness (QED) is 0.427. The van der Waals surface area contributed by atoms with Crippen LogP contribution < -0.4 is 25.2 Å². The van der Waals surface area contributed by atoms with Gasteiger partial charge in [-0.2, -0.15) is 0 Å². The number of anilines is 2. The number of hydrogen-bond acceptors (Lipinski definition) is 6. The van der Waals surface area contributed by atoms with E-state index < -0.39 is 21.8 Å². The van der Waals surface area contributed by atoms with Gasteiger partial charge in [-0.15, -0.1) is 0 Å².